The number of hydrogen-bond donors (Lipinski definition) is 3. The third-order valence-corrected chi connectivity index (χ3v) is 5.88. The summed E-state index contributed by atoms with van der Waals surface area (Å²) in [4.78, 5) is 16.7. The average Bonchev–Trinajstić information content (AvgIpc) is 3.09. The topological polar surface area (TPSA) is 106 Å². The van der Waals surface area contributed by atoms with E-state index in [0.717, 1.165) is 11.1 Å². The first-order valence-corrected chi connectivity index (χ1v) is 10.2. The molecule has 1 aliphatic rings. The van der Waals surface area contributed by atoms with Crippen LogP contribution in [0, 0.1) is 0 Å². The second-order valence-corrected chi connectivity index (χ2v) is 7.91. The smallest absolute Gasteiger partial charge is 0.248 e. The molecule has 148 valence electrons. The highest BCUT2D eigenvalue weighted by molar-refractivity contribution is 7.98. The molecule has 4 rings (SSSR count). The van der Waals surface area contributed by atoms with Crippen molar-refractivity contribution in [3.8, 4) is 5.75 Å². The summed E-state index contributed by atoms with van der Waals surface area (Å²) in [5, 5.41) is 18.6. The molecule has 0 spiro atoms. The summed E-state index contributed by atoms with van der Waals surface area (Å²) >= 11 is 7.68. The fraction of sp³-hybridized carbons (Fsp3) is 0.150. The average molecular weight is 428 g/mol. The summed E-state index contributed by atoms with van der Waals surface area (Å²) in [6.45, 7) is 1.78. The van der Waals surface area contributed by atoms with Gasteiger partial charge in [0, 0.05) is 16.5 Å². The first kappa shape index (κ1) is 19.4. The number of phenols is 1. The number of carbonyl (C=O) groups is 1. The lowest BCUT2D eigenvalue weighted by molar-refractivity contribution is -0.115. The van der Waals surface area contributed by atoms with Gasteiger partial charge in [-0.15, -0.1) is 5.10 Å². The zero-order valence-electron chi connectivity index (χ0n) is 15.5. The lowest BCUT2D eigenvalue weighted by atomic mass is 9.95. The lowest BCUT2D eigenvalue weighted by Gasteiger charge is -2.27. The lowest BCUT2D eigenvalue weighted by Crippen LogP contribution is -2.31. The van der Waals surface area contributed by atoms with Crippen LogP contribution in [0.3, 0.4) is 0 Å². The molecule has 2 heterocycles. The zero-order chi connectivity index (χ0) is 20.5. The second kappa shape index (κ2) is 7.81. The molecule has 0 aliphatic carbocycles. The third-order valence-electron chi connectivity index (χ3n) is 4.62. The molecule has 9 heteroatoms. The fourth-order valence-corrected chi connectivity index (χ4v) is 4.35. The Morgan fingerprint density at radius 3 is 2.69 bits per heavy atom. The van der Waals surface area contributed by atoms with E-state index in [1.165, 1.54) is 11.8 Å². The Morgan fingerprint density at radius 1 is 1.28 bits per heavy atom. The number of allylic oxidation sites excluding steroid dienone is 1. The van der Waals surface area contributed by atoms with Crippen LogP contribution in [0.5, 0.6) is 5.75 Å². The van der Waals surface area contributed by atoms with Crippen molar-refractivity contribution in [2.24, 2.45) is 5.73 Å². The fourth-order valence-electron chi connectivity index (χ4n) is 3.23. The number of anilines is 1. The van der Waals surface area contributed by atoms with Gasteiger partial charge in [0.05, 0.1) is 5.57 Å². The van der Waals surface area contributed by atoms with Crippen LogP contribution in [-0.2, 0) is 10.5 Å². The maximum atomic E-state index is 12.2. The number of rotatable bonds is 5. The highest BCUT2D eigenvalue weighted by Gasteiger charge is 2.33. The Morgan fingerprint density at radius 2 is 2.00 bits per heavy atom. The Labute approximate surface area is 176 Å². The van der Waals surface area contributed by atoms with E-state index in [0.29, 0.717) is 33.2 Å². The molecule has 1 amide bonds. The molecule has 1 atom stereocenters. The summed E-state index contributed by atoms with van der Waals surface area (Å²) in [5.74, 6) is 0.729. The molecule has 3 aromatic rings. The van der Waals surface area contributed by atoms with Crippen molar-refractivity contribution in [2.75, 3.05) is 5.32 Å². The van der Waals surface area contributed by atoms with Gasteiger partial charge in [-0.2, -0.15) is 4.98 Å². The SMILES string of the molecule is CC1=C(C(N)=O)[C@@H](c2ccc(O)cc2)n2nc(SCc3ccccc3Cl)nc2N1. The summed E-state index contributed by atoms with van der Waals surface area (Å²) < 4.78 is 1.65. The van der Waals surface area contributed by atoms with Gasteiger partial charge in [0.25, 0.3) is 0 Å². The number of nitrogens with one attached hydrogen (secondary N) is 1. The molecule has 0 radical (unpaired) electrons. The molecule has 0 fully saturated rings. The number of primary amides is 1. The van der Waals surface area contributed by atoms with Gasteiger partial charge in [0.15, 0.2) is 0 Å². The van der Waals surface area contributed by atoms with Gasteiger partial charge in [0.1, 0.15) is 11.8 Å². The van der Waals surface area contributed by atoms with Crippen LogP contribution >= 0.6 is 23.4 Å². The van der Waals surface area contributed by atoms with Crippen LogP contribution in [0.25, 0.3) is 0 Å². The van der Waals surface area contributed by atoms with E-state index >= 15 is 0 Å². The number of thioether (sulfide) groups is 1. The molecule has 0 bridgehead atoms. The summed E-state index contributed by atoms with van der Waals surface area (Å²) in [5.41, 5.74) is 8.44. The number of nitrogens with zero attached hydrogens (tertiary/aromatic N) is 3. The molecule has 7 nitrogen and oxygen atoms in total. The van der Waals surface area contributed by atoms with Gasteiger partial charge >= 0.3 is 0 Å². The van der Waals surface area contributed by atoms with E-state index in [2.05, 4.69) is 15.4 Å². The highest BCUT2D eigenvalue weighted by atomic mass is 35.5. The van der Waals surface area contributed by atoms with Crippen molar-refractivity contribution >= 4 is 35.2 Å². The molecule has 2 aromatic carbocycles. The van der Waals surface area contributed by atoms with Crippen LogP contribution in [-0.4, -0.2) is 25.8 Å². The minimum Gasteiger partial charge on any atom is -0.508 e. The van der Waals surface area contributed by atoms with Crippen molar-refractivity contribution in [1.29, 1.82) is 0 Å². The van der Waals surface area contributed by atoms with E-state index in [4.69, 9.17) is 17.3 Å². The van der Waals surface area contributed by atoms with Crippen LogP contribution < -0.4 is 11.1 Å². The normalized spacial score (nSPS) is 15.7. The maximum Gasteiger partial charge on any atom is 0.248 e. The van der Waals surface area contributed by atoms with Gasteiger partial charge in [-0.1, -0.05) is 53.7 Å². The van der Waals surface area contributed by atoms with Gasteiger partial charge < -0.3 is 16.2 Å². The molecular formula is C20H18ClN5O2S. The first-order valence-electron chi connectivity index (χ1n) is 8.83. The molecule has 0 saturated carbocycles. The number of halogens is 1. The molecule has 29 heavy (non-hydrogen) atoms. The van der Waals surface area contributed by atoms with Crippen molar-refractivity contribution in [3.05, 3.63) is 76.0 Å². The largest absolute Gasteiger partial charge is 0.508 e. The second-order valence-electron chi connectivity index (χ2n) is 6.56. The van der Waals surface area contributed by atoms with E-state index in [1.807, 2.05) is 24.3 Å². The van der Waals surface area contributed by atoms with Gasteiger partial charge in [-0.3, -0.25) is 4.79 Å². The minimum atomic E-state index is -0.542. The molecule has 4 N–H and O–H groups in total. The van der Waals surface area contributed by atoms with E-state index in [1.54, 1.807) is 35.9 Å². The number of hydrogen-bond acceptors (Lipinski definition) is 6. The highest BCUT2D eigenvalue weighted by Crippen LogP contribution is 2.36. The van der Waals surface area contributed by atoms with E-state index in [-0.39, 0.29) is 5.75 Å². The van der Waals surface area contributed by atoms with E-state index in [9.17, 15) is 9.90 Å². The zero-order valence-corrected chi connectivity index (χ0v) is 17.0. The Hall–Kier alpha value is -2.97. The predicted octanol–water partition coefficient (Wildman–Crippen LogP) is 3.70. The van der Waals surface area contributed by atoms with Crippen molar-refractivity contribution in [1.82, 2.24) is 14.8 Å². The Kier molecular flexibility index (Phi) is 5.21. The van der Waals surface area contributed by atoms with Crippen LogP contribution in [0.4, 0.5) is 5.95 Å². The Balaban J connectivity index is 1.69. The van der Waals surface area contributed by atoms with E-state index < -0.39 is 11.9 Å². The molecule has 0 saturated heterocycles. The first-order chi connectivity index (χ1) is 13.9. The quantitative estimate of drug-likeness (QED) is 0.536. The number of nitrogens with two attached hydrogens (primary N) is 1. The molecular weight excluding hydrogens is 410 g/mol. The van der Waals surface area contributed by atoms with Crippen molar-refractivity contribution in [2.45, 2.75) is 23.9 Å². The standard InChI is InChI=1S/C20H18ClN5O2S/c1-11-16(18(22)28)17(12-6-8-14(27)9-7-12)26-19(23-11)24-20(25-26)29-10-13-4-2-3-5-15(13)21/h2-9,17,27H,10H2,1H3,(H2,22,28)(H,23,24,25)/t17-/m1/s1. The van der Waals surface area contributed by atoms with Gasteiger partial charge in [0.2, 0.25) is 17.0 Å². The van der Waals surface area contributed by atoms with Crippen LogP contribution in [0.2, 0.25) is 5.02 Å². The molecule has 1 aromatic heterocycles. The van der Waals surface area contributed by atoms with Crippen molar-refractivity contribution < 1.29 is 9.90 Å². The summed E-state index contributed by atoms with van der Waals surface area (Å²) in [7, 11) is 0. The molecule has 1 aliphatic heterocycles. The Bertz CT molecular complexity index is 1110. The maximum absolute atomic E-state index is 12.2. The van der Waals surface area contributed by atoms with Crippen LogP contribution in [0.15, 0.2) is 65.0 Å². The predicted molar refractivity (Wildman–Crippen MR) is 113 cm³/mol. The monoisotopic (exact) mass is 427 g/mol. The number of aromatic hydroxyl groups is 1. The number of fused-ring (bicyclic) bond motifs is 1. The number of aromatic nitrogens is 3. The van der Waals surface area contributed by atoms with Gasteiger partial charge in [-0.05, 0) is 36.2 Å². The number of benzene rings is 2. The number of carbonyl (C=O) groups excluding carboxylic acids is 1. The van der Waals surface area contributed by atoms with Crippen LogP contribution in [0.1, 0.15) is 24.1 Å². The third kappa shape index (κ3) is 3.81. The summed E-state index contributed by atoms with van der Waals surface area (Å²) in [6, 6.07) is 13.7. The van der Waals surface area contributed by atoms with Crippen molar-refractivity contribution in [3.63, 3.8) is 0 Å². The molecule has 0 unspecified atom stereocenters. The van der Waals surface area contributed by atoms with Gasteiger partial charge in [-0.25, -0.2) is 4.68 Å². The number of phenolic OH excluding ortho intramolecular Hbond substituents is 1. The minimum absolute atomic E-state index is 0.138. The summed E-state index contributed by atoms with van der Waals surface area (Å²) in [6.07, 6.45) is 0. The number of amides is 1.